The molecule has 1 aromatic rings. The van der Waals surface area contributed by atoms with E-state index in [4.69, 9.17) is 9.31 Å². The Kier molecular flexibility index (Phi) is 4.70. The van der Waals surface area contributed by atoms with Gasteiger partial charge in [-0.15, -0.1) is 0 Å². The van der Waals surface area contributed by atoms with Gasteiger partial charge in [0.1, 0.15) is 0 Å². The van der Waals surface area contributed by atoms with E-state index in [1.807, 2.05) is 27.7 Å². The minimum Gasteiger partial charge on any atom is -0.400 e. The number of likely N-dealkylation sites (N-methyl/N-ethyl adjacent to an activating group) is 1. The average Bonchev–Trinajstić information content (AvgIpc) is 2.56. The standard InChI is InChI=1S/C15H21BF2N2O2/c1-14(2)15(3,4)22-16(21-14)11(9-19-5)6-10-7-12(17)20-13(18)8-10/h6-8,19H,9H2,1-5H3. The number of pyridine rings is 1. The van der Waals surface area contributed by atoms with Gasteiger partial charge in [0.2, 0.25) is 11.9 Å². The maximum Gasteiger partial charge on any atom is 0.491 e. The van der Waals surface area contributed by atoms with Crippen LogP contribution in [0.5, 0.6) is 0 Å². The van der Waals surface area contributed by atoms with E-state index in [1.54, 1.807) is 13.1 Å². The van der Waals surface area contributed by atoms with Gasteiger partial charge in [0.15, 0.2) is 0 Å². The van der Waals surface area contributed by atoms with Crippen LogP contribution in [0.15, 0.2) is 17.6 Å². The van der Waals surface area contributed by atoms with Crippen molar-refractivity contribution < 1.29 is 18.1 Å². The van der Waals surface area contributed by atoms with Crippen LogP contribution in [0.1, 0.15) is 33.3 Å². The van der Waals surface area contributed by atoms with Crippen LogP contribution in [-0.4, -0.2) is 36.9 Å². The van der Waals surface area contributed by atoms with Crippen molar-refractivity contribution in [2.24, 2.45) is 0 Å². The molecule has 4 nitrogen and oxygen atoms in total. The lowest BCUT2D eigenvalue weighted by atomic mass is 9.77. The lowest BCUT2D eigenvalue weighted by Crippen LogP contribution is -2.41. The molecular formula is C15H21BF2N2O2. The van der Waals surface area contributed by atoms with Crippen molar-refractivity contribution in [2.75, 3.05) is 13.6 Å². The highest BCUT2D eigenvalue weighted by atomic mass is 19.1. The smallest absolute Gasteiger partial charge is 0.400 e. The normalized spacial score (nSPS) is 20.5. The van der Waals surface area contributed by atoms with Crippen molar-refractivity contribution in [3.05, 3.63) is 35.1 Å². The molecule has 7 heteroatoms. The summed E-state index contributed by atoms with van der Waals surface area (Å²) in [5.74, 6) is -1.71. The number of hydrogen-bond acceptors (Lipinski definition) is 4. The van der Waals surface area contributed by atoms with Crippen LogP contribution in [0.2, 0.25) is 0 Å². The number of aromatic nitrogens is 1. The summed E-state index contributed by atoms with van der Waals surface area (Å²) in [6, 6.07) is 2.34. The summed E-state index contributed by atoms with van der Waals surface area (Å²) in [7, 11) is 1.21. The van der Waals surface area contributed by atoms with Gasteiger partial charge >= 0.3 is 7.12 Å². The fourth-order valence-electron chi connectivity index (χ4n) is 2.18. The van der Waals surface area contributed by atoms with Crippen molar-refractivity contribution in [1.29, 1.82) is 0 Å². The molecule has 0 bridgehead atoms. The predicted molar refractivity (Wildman–Crippen MR) is 82.1 cm³/mol. The quantitative estimate of drug-likeness (QED) is 0.686. The molecule has 0 unspecified atom stereocenters. The molecule has 1 N–H and O–H groups in total. The molecule has 0 amide bonds. The summed E-state index contributed by atoms with van der Waals surface area (Å²) >= 11 is 0. The Bertz CT molecular complexity index is 555. The van der Waals surface area contributed by atoms with Gasteiger partial charge in [0.25, 0.3) is 0 Å². The van der Waals surface area contributed by atoms with E-state index in [2.05, 4.69) is 10.3 Å². The molecule has 1 saturated heterocycles. The summed E-state index contributed by atoms with van der Waals surface area (Å²) in [5, 5.41) is 3.02. The Hall–Kier alpha value is -1.31. The van der Waals surface area contributed by atoms with Gasteiger partial charge in [-0.05, 0) is 45.8 Å². The van der Waals surface area contributed by atoms with Gasteiger partial charge < -0.3 is 14.6 Å². The molecule has 1 aliphatic rings. The lowest BCUT2D eigenvalue weighted by molar-refractivity contribution is 0.00578. The maximum atomic E-state index is 13.2. The van der Waals surface area contributed by atoms with E-state index in [9.17, 15) is 8.78 Å². The molecule has 0 spiro atoms. The second kappa shape index (κ2) is 6.06. The second-order valence-electron chi connectivity index (χ2n) is 6.38. The number of halogens is 2. The van der Waals surface area contributed by atoms with Gasteiger partial charge in [-0.2, -0.15) is 13.8 Å². The molecule has 1 aromatic heterocycles. The number of nitrogens with zero attached hydrogens (tertiary/aromatic N) is 1. The summed E-state index contributed by atoms with van der Waals surface area (Å²) in [5.41, 5.74) is 0.189. The lowest BCUT2D eigenvalue weighted by Gasteiger charge is -2.32. The Labute approximate surface area is 130 Å². The van der Waals surface area contributed by atoms with Gasteiger partial charge in [-0.25, -0.2) is 0 Å². The van der Waals surface area contributed by atoms with Crippen molar-refractivity contribution >= 4 is 13.2 Å². The average molecular weight is 310 g/mol. The zero-order valence-electron chi connectivity index (χ0n) is 13.5. The molecule has 22 heavy (non-hydrogen) atoms. The minimum absolute atomic E-state index is 0.380. The van der Waals surface area contributed by atoms with Crippen molar-refractivity contribution in [3.63, 3.8) is 0 Å². The highest BCUT2D eigenvalue weighted by Gasteiger charge is 2.52. The van der Waals surface area contributed by atoms with Gasteiger partial charge in [0.05, 0.1) is 11.2 Å². The van der Waals surface area contributed by atoms with Crippen LogP contribution in [0, 0.1) is 11.9 Å². The maximum absolute atomic E-state index is 13.2. The Morgan fingerprint density at radius 2 is 1.68 bits per heavy atom. The Morgan fingerprint density at radius 1 is 1.18 bits per heavy atom. The van der Waals surface area contributed by atoms with E-state index in [0.29, 0.717) is 12.1 Å². The third kappa shape index (κ3) is 3.53. The van der Waals surface area contributed by atoms with Crippen molar-refractivity contribution in [1.82, 2.24) is 10.3 Å². The van der Waals surface area contributed by atoms with Crippen LogP contribution in [0.4, 0.5) is 8.78 Å². The molecule has 2 heterocycles. The summed E-state index contributed by atoms with van der Waals surface area (Å²) in [4.78, 5) is 3.09. The van der Waals surface area contributed by atoms with E-state index in [-0.39, 0.29) is 0 Å². The Balaban J connectivity index is 2.33. The summed E-state index contributed by atoms with van der Waals surface area (Å²) in [6.45, 7) is 8.29. The zero-order chi connectivity index (χ0) is 16.5. The van der Waals surface area contributed by atoms with Gasteiger partial charge in [0, 0.05) is 18.7 Å². The fourth-order valence-corrected chi connectivity index (χ4v) is 2.18. The fraction of sp³-hybridized carbons (Fsp3) is 0.533. The third-order valence-electron chi connectivity index (χ3n) is 4.07. The first-order valence-corrected chi connectivity index (χ1v) is 7.18. The Morgan fingerprint density at radius 3 is 2.14 bits per heavy atom. The zero-order valence-corrected chi connectivity index (χ0v) is 13.5. The molecule has 0 aromatic carbocycles. The van der Waals surface area contributed by atoms with Crippen LogP contribution >= 0.6 is 0 Å². The third-order valence-corrected chi connectivity index (χ3v) is 4.07. The molecular weight excluding hydrogens is 289 g/mol. The molecule has 1 aliphatic heterocycles. The molecule has 0 atom stereocenters. The monoisotopic (exact) mass is 310 g/mol. The van der Waals surface area contributed by atoms with Crippen molar-refractivity contribution in [2.45, 2.75) is 38.9 Å². The minimum atomic E-state index is -0.857. The SMILES string of the molecule is CNCC(=Cc1cc(F)nc(F)c1)B1OC(C)(C)C(C)(C)O1. The molecule has 0 saturated carbocycles. The van der Waals surface area contributed by atoms with Crippen LogP contribution in [0.3, 0.4) is 0 Å². The van der Waals surface area contributed by atoms with E-state index < -0.39 is 30.2 Å². The second-order valence-corrected chi connectivity index (χ2v) is 6.38. The van der Waals surface area contributed by atoms with Crippen LogP contribution in [-0.2, 0) is 9.31 Å². The molecule has 120 valence electrons. The van der Waals surface area contributed by atoms with E-state index in [0.717, 1.165) is 5.47 Å². The van der Waals surface area contributed by atoms with E-state index >= 15 is 0 Å². The molecule has 1 fully saturated rings. The van der Waals surface area contributed by atoms with Gasteiger partial charge in [-0.1, -0.05) is 6.08 Å². The predicted octanol–water partition coefficient (Wildman–Crippen LogP) is 2.59. The molecule has 0 radical (unpaired) electrons. The first-order chi connectivity index (χ1) is 10.1. The highest BCUT2D eigenvalue weighted by Crippen LogP contribution is 2.38. The van der Waals surface area contributed by atoms with Crippen LogP contribution in [0.25, 0.3) is 6.08 Å². The topological polar surface area (TPSA) is 43.4 Å². The van der Waals surface area contributed by atoms with Crippen LogP contribution < -0.4 is 5.32 Å². The molecule has 0 aliphatic carbocycles. The largest absolute Gasteiger partial charge is 0.491 e. The first-order valence-electron chi connectivity index (χ1n) is 7.18. The summed E-state index contributed by atoms with van der Waals surface area (Å²) < 4.78 is 38.4. The van der Waals surface area contributed by atoms with Gasteiger partial charge in [-0.3, -0.25) is 0 Å². The number of nitrogens with one attached hydrogen (secondary N) is 1. The first kappa shape index (κ1) is 17.1. The highest BCUT2D eigenvalue weighted by molar-refractivity contribution is 6.55. The summed E-state index contributed by atoms with van der Waals surface area (Å²) in [6.07, 6.45) is 1.66. The van der Waals surface area contributed by atoms with E-state index in [1.165, 1.54) is 12.1 Å². The van der Waals surface area contributed by atoms with Crippen molar-refractivity contribution in [3.8, 4) is 0 Å². The molecule has 2 rings (SSSR count). The number of rotatable bonds is 4. The number of hydrogen-bond donors (Lipinski definition) is 1.